The second-order valence-electron chi connectivity index (χ2n) is 3.41. The molecule has 1 rings (SSSR count). The molecule has 0 aliphatic rings. The van der Waals surface area contributed by atoms with Gasteiger partial charge in [-0.05, 0) is 13.3 Å². The first kappa shape index (κ1) is 13.6. The number of hydrogen-bond acceptors (Lipinski definition) is 5. The van der Waals surface area contributed by atoms with Crippen molar-refractivity contribution in [1.82, 2.24) is 5.32 Å². The Kier molecular flexibility index (Phi) is 5.05. The van der Waals surface area contributed by atoms with E-state index in [9.17, 15) is 14.9 Å². The van der Waals surface area contributed by atoms with E-state index in [-0.39, 0.29) is 11.6 Å². The molecular weight excluding hydrogens is 244 g/mol. The lowest BCUT2D eigenvalue weighted by Gasteiger charge is -2.01. The Morgan fingerprint density at radius 2 is 2.35 bits per heavy atom. The quantitative estimate of drug-likeness (QED) is 0.478. The van der Waals surface area contributed by atoms with Gasteiger partial charge in [-0.15, -0.1) is 11.3 Å². The topological polar surface area (TPSA) is 81.5 Å². The monoisotopic (exact) mass is 258 g/mol. The summed E-state index contributed by atoms with van der Waals surface area (Å²) >= 11 is 1.13. The maximum absolute atomic E-state index is 11.6. The molecule has 1 aromatic rings. The van der Waals surface area contributed by atoms with Gasteiger partial charge in [0.2, 0.25) is 0 Å². The molecule has 0 aliphatic heterocycles. The van der Waals surface area contributed by atoms with E-state index in [1.54, 1.807) is 14.0 Å². The lowest BCUT2D eigenvalue weighted by Crippen LogP contribution is -2.24. The Hall–Kier alpha value is -1.47. The predicted octanol–water partition coefficient (Wildman–Crippen LogP) is 1.73. The van der Waals surface area contributed by atoms with Gasteiger partial charge < -0.3 is 10.1 Å². The SMILES string of the molecule is COCCCNC(=O)c1cc([N+](=O)[O-])c(C)s1. The summed E-state index contributed by atoms with van der Waals surface area (Å²) in [4.78, 5) is 22.7. The van der Waals surface area contributed by atoms with Crippen molar-refractivity contribution in [2.24, 2.45) is 0 Å². The molecule has 0 bridgehead atoms. The summed E-state index contributed by atoms with van der Waals surface area (Å²) in [5, 5.41) is 13.3. The number of aryl methyl sites for hydroxylation is 1. The third-order valence-corrected chi connectivity index (χ3v) is 3.16. The molecule has 17 heavy (non-hydrogen) atoms. The molecule has 0 radical (unpaired) electrons. The smallest absolute Gasteiger partial charge is 0.283 e. The Morgan fingerprint density at radius 1 is 1.65 bits per heavy atom. The molecule has 94 valence electrons. The summed E-state index contributed by atoms with van der Waals surface area (Å²) in [5.41, 5.74) is -0.00274. The van der Waals surface area contributed by atoms with E-state index in [0.717, 1.165) is 11.3 Å². The summed E-state index contributed by atoms with van der Waals surface area (Å²) in [6, 6.07) is 1.31. The fourth-order valence-corrected chi connectivity index (χ4v) is 2.17. The van der Waals surface area contributed by atoms with Gasteiger partial charge in [0, 0.05) is 26.3 Å². The van der Waals surface area contributed by atoms with Crippen LogP contribution < -0.4 is 5.32 Å². The van der Waals surface area contributed by atoms with Crippen LogP contribution in [0.4, 0.5) is 5.69 Å². The number of nitrogens with zero attached hydrogens (tertiary/aromatic N) is 1. The molecule has 1 amide bonds. The zero-order valence-corrected chi connectivity index (χ0v) is 10.5. The third-order valence-electron chi connectivity index (χ3n) is 2.12. The van der Waals surface area contributed by atoms with Gasteiger partial charge in [-0.25, -0.2) is 0 Å². The van der Waals surface area contributed by atoms with Crippen LogP contribution in [0.5, 0.6) is 0 Å². The van der Waals surface area contributed by atoms with Crippen molar-refractivity contribution in [2.75, 3.05) is 20.3 Å². The zero-order valence-electron chi connectivity index (χ0n) is 9.69. The highest BCUT2D eigenvalue weighted by Gasteiger charge is 2.18. The first-order valence-electron chi connectivity index (χ1n) is 5.08. The molecule has 0 atom stereocenters. The molecule has 0 saturated carbocycles. The van der Waals surface area contributed by atoms with Crippen LogP contribution >= 0.6 is 11.3 Å². The largest absolute Gasteiger partial charge is 0.385 e. The maximum atomic E-state index is 11.6. The van der Waals surface area contributed by atoms with E-state index in [4.69, 9.17) is 4.74 Å². The number of carbonyl (C=O) groups is 1. The van der Waals surface area contributed by atoms with Crippen molar-refractivity contribution in [1.29, 1.82) is 0 Å². The number of hydrogen-bond donors (Lipinski definition) is 1. The molecule has 0 fully saturated rings. The van der Waals surface area contributed by atoms with Crippen molar-refractivity contribution in [3.8, 4) is 0 Å². The standard InChI is InChI=1S/C10H14N2O4S/c1-7-8(12(14)15)6-9(17-7)10(13)11-4-3-5-16-2/h6H,3-5H2,1-2H3,(H,11,13). The number of ether oxygens (including phenoxy) is 1. The molecule has 0 unspecified atom stereocenters. The van der Waals surface area contributed by atoms with Gasteiger partial charge >= 0.3 is 0 Å². The lowest BCUT2D eigenvalue weighted by atomic mass is 10.3. The van der Waals surface area contributed by atoms with E-state index >= 15 is 0 Å². The van der Waals surface area contributed by atoms with Crippen molar-refractivity contribution >= 4 is 22.9 Å². The summed E-state index contributed by atoms with van der Waals surface area (Å²) in [6.45, 7) is 2.70. The highest BCUT2D eigenvalue weighted by Crippen LogP contribution is 2.27. The molecule has 1 N–H and O–H groups in total. The second-order valence-corrected chi connectivity index (χ2v) is 4.67. The van der Waals surface area contributed by atoms with Crippen molar-refractivity contribution in [3.63, 3.8) is 0 Å². The van der Waals surface area contributed by atoms with E-state index in [1.165, 1.54) is 6.07 Å². The van der Waals surface area contributed by atoms with E-state index < -0.39 is 4.92 Å². The predicted molar refractivity (Wildman–Crippen MR) is 64.5 cm³/mol. The first-order chi connectivity index (χ1) is 8.06. The Labute approximate surface area is 103 Å². The number of amides is 1. The second kappa shape index (κ2) is 6.31. The average Bonchev–Trinajstić information content (AvgIpc) is 2.66. The molecular formula is C10H14N2O4S. The van der Waals surface area contributed by atoms with Gasteiger partial charge in [-0.3, -0.25) is 14.9 Å². The van der Waals surface area contributed by atoms with Crippen LogP contribution in [0.25, 0.3) is 0 Å². The fraction of sp³-hybridized carbons (Fsp3) is 0.500. The number of thiophene rings is 1. The van der Waals surface area contributed by atoms with Gasteiger partial charge in [-0.1, -0.05) is 0 Å². The Morgan fingerprint density at radius 3 is 2.88 bits per heavy atom. The van der Waals surface area contributed by atoms with Crippen LogP contribution in [0.15, 0.2) is 6.07 Å². The molecule has 0 saturated heterocycles. The highest BCUT2D eigenvalue weighted by molar-refractivity contribution is 7.14. The van der Waals surface area contributed by atoms with Crippen LogP contribution in [-0.2, 0) is 4.74 Å². The summed E-state index contributed by atoms with van der Waals surface area (Å²) in [5.74, 6) is -0.276. The normalized spacial score (nSPS) is 10.2. The summed E-state index contributed by atoms with van der Waals surface area (Å²) in [7, 11) is 1.59. The molecule has 6 nitrogen and oxygen atoms in total. The average molecular weight is 258 g/mol. The van der Waals surface area contributed by atoms with Crippen LogP contribution in [-0.4, -0.2) is 31.1 Å². The minimum atomic E-state index is -0.479. The zero-order chi connectivity index (χ0) is 12.8. The van der Waals surface area contributed by atoms with Crippen molar-refractivity contribution < 1.29 is 14.5 Å². The molecule has 1 aromatic heterocycles. The van der Waals surface area contributed by atoms with Crippen LogP contribution in [0.2, 0.25) is 0 Å². The highest BCUT2D eigenvalue weighted by atomic mass is 32.1. The van der Waals surface area contributed by atoms with Gasteiger partial charge in [0.1, 0.15) is 0 Å². The molecule has 1 heterocycles. The van der Waals surface area contributed by atoms with Crippen molar-refractivity contribution in [2.45, 2.75) is 13.3 Å². The van der Waals surface area contributed by atoms with E-state index in [2.05, 4.69) is 5.32 Å². The van der Waals surface area contributed by atoms with Gasteiger partial charge in [0.05, 0.1) is 14.7 Å². The molecule has 0 spiro atoms. The van der Waals surface area contributed by atoms with Gasteiger partial charge in [-0.2, -0.15) is 0 Å². The number of nitrogens with one attached hydrogen (secondary N) is 1. The molecule has 0 aliphatic carbocycles. The molecule has 0 aromatic carbocycles. The summed E-state index contributed by atoms with van der Waals surface area (Å²) in [6.07, 6.45) is 0.717. The minimum absolute atomic E-state index is 0.00274. The maximum Gasteiger partial charge on any atom is 0.283 e. The number of rotatable bonds is 6. The fourth-order valence-electron chi connectivity index (χ4n) is 1.27. The van der Waals surface area contributed by atoms with Crippen LogP contribution in [0.3, 0.4) is 0 Å². The van der Waals surface area contributed by atoms with Gasteiger partial charge in [0.25, 0.3) is 11.6 Å². The minimum Gasteiger partial charge on any atom is -0.385 e. The third kappa shape index (κ3) is 3.79. The lowest BCUT2D eigenvalue weighted by molar-refractivity contribution is -0.385. The Bertz CT molecular complexity index is 416. The van der Waals surface area contributed by atoms with E-state index in [1.807, 2.05) is 0 Å². The number of carbonyl (C=O) groups excluding carboxylic acids is 1. The Balaban J connectivity index is 2.57. The van der Waals surface area contributed by atoms with Crippen LogP contribution in [0.1, 0.15) is 21.0 Å². The number of nitro groups is 1. The van der Waals surface area contributed by atoms with Gasteiger partial charge in [0.15, 0.2) is 0 Å². The van der Waals surface area contributed by atoms with Crippen molar-refractivity contribution in [3.05, 3.63) is 25.9 Å². The first-order valence-corrected chi connectivity index (χ1v) is 5.90. The number of methoxy groups -OCH3 is 1. The molecule has 7 heteroatoms. The van der Waals surface area contributed by atoms with E-state index in [0.29, 0.717) is 29.3 Å². The van der Waals surface area contributed by atoms with Crippen LogP contribution in [0, 0.1) is 17.0 Å². The summed E-state index contributed by atoms with van der Waals surface area (Å²) < 4.78 is 4.85.